The molecular formula is C9H15N3O2. The Bertz CT molecular complexity index is 344. The van der Waals surface area contributed by atoms with Gasteiger partial charge in [0.1, 0.15) is 0 Å². The van der Waals surface area contributed by atoms with Crippen molar-refractivity contribution in [1.29, 1.82) is 0 Å². The van der Waals surface area contributed by atoms with Crippen LogP contribution in [-0.4, -0.2) is 35.2 Å². The lowest BCUT2D eigenvalue weighted by molar-refractivity contribution is 0.199. The lowest BCUT2D eigenvalue weighted by atomic mass is 9.95. The molecule has 1 unspecified atom stereocenters. The summed E-state index contributed by atoms with van der Waals surface area (Å²) in [5.74, 6) is 1.11. The van der Waals surface area contributed by atoms with E-state index in [1.54, 1.807) is 0 Å². The first kappa shape index (κ1) is 9.45. The van der Waals surface area contributed by atoms with Crippen LogP contribution < -0.4 is 5.69 Å². The van der Waals surface area contributed by atoms with Crippen molar-refractivity contribution < 1.29 is 4.52 Å². The quantitative estimate of drug-likeness (QED) is 0.738. The van der Waals surface area contributed by atoms with E-state index >= 15 is 0 Å². The van der Waals surface area contributed by atoms with Crippen molar-refractivity contribution in [1.82, 2.24) is 15.0 Å². The molecule has 0 saturated carbocycles. The number of likely N-dealkylation sites (tertiary alicyclic amines) is 1. The highest BCUT2D eigenvalue weighted by atomic mass is 16.5. The number of hydrogen-bond acceptors (Lipinski definition) is 4. The van der Waals surface area contributed by atoms with E-state index in [-0.39, 0.29) is 5.69 Å². The fourth-order valence-corrected chi connectivity index (χ4v) is 2.04. The first-order chi connectivity index (χ1) is 6.74. The van der Waals surface area contributed by atoms with Crippen LogP contribution in [0.1, 0.15) is 18.7 Å². The van der Waals surface area contributed by atoms with Crippen molar-refractivity contribution in [3.8, 4) is 0 Å². The molecule has 1 fully saturated rings. The van der Waals surface area contributed by atoms with E-state index in [1.165, 1.54) is 19.4 Å². The summed E-state index contributed by atoms with van der Waals surface area (Å²) in [5.41, 5.74) is -0.385. The Morgan fingerprint density at radius 1 is 1.71 bits per heavy atom. The second-order valence-corrected chi connectivity index (χ2v) is 3.99. The maximum absolute atomic E-state index is 10.7. The zero-order valence-electron chi connectivity index (χ0n) is 8.32. The van der Waals surface area contributed by atoms with Gasteiger partial charge in [0, 0.05) is 13.0 Å². The molecule has 0 aliphatic carbocycles. The van der Waals surface area contributed by atoms with Crippen LogP contribution in [0.15, 0.2) is 9.32 Å². The maximum atomic E-state index is 10.7. The molecule has 1 aliphatic rings. The highest BCUT2D eigenvalue weighted by Crippen LogP contribution is 2.18. The van der Waals surface area contributed by atoms with Crippen LogP contribution in [0.4, 0.5) is 0 Å². The third-order valence-electron chi connectivity index (χ3n) is 2.67. The Morgan fingerprint density at radius 2 is 2.57 bits per heavy atom. The molecule has 0 spiro atoms. The van der Waals surface area contributed by atoms with Crippen LogP contribution in [-0.2, 0) is 6.42 Å². The molecule has 1 saturated heterocycles. The van der Waals surface area contributed by atoms with Crippen molar-refractivity contribution in [2.24, 2.45) is 5.92 Å². The summed E-state index contributed by atoms with van der Waals surface area (Å²) in [6.07, 6.45) is 3.18. The molecule has 2 rings (SSSR count). The number of hydrogen-bond donors (Lipinski definition) is 1. The predicted molar refractivity (Wildman–Crippen MR) is 51.0 cm³/mol. The van der Waals surface area contributed by atoms with Crippen LogP contribution in [0.2, 0.25) is 0 Å². The number of aromatic nitrogens is 2. The van der Waals surface area contributed by atoms with E-state index in [1.807, 2.05) is 0 Å². The fraction of sp³-hybridized carbons (Fsp3) is 0.778. The Balaban J connectivity index is 1.93. The van der Waals surface area contributed by atoms with Gasteiger partial charge in [-0.1, -0.05) is 0 Å². The number of rotatable bonds is 2. The third kappa shape index (κ3) is 2.23. The first-order valence-electron chi connectivity index (χ1n) is 4.97. The van der Waals surface area contributed by atoms with Gasteiger partial charge < -0.3 is 9.42 Å². The molecule has 5 nitrogen and oxygen atoms in total. The highest BCUT2D eigenvalue weighted by Gasteiger charge is 2.19. The van der Waals surface area contributed by atoms with Gasteiger partial charge >= 0.3 is 5.69 Å². The summed E-state index contributed by atoms with van der Waals surface area (Å²) in [5, 5.41) is 2.21. The summed E-state index contributed by atoms with van der Waals surface area (Å²) < 4.78 is 4.94. The minimum atomic E-state index is -0.385. The highest BCUT2D eigenvalue weighted by molar-refractivity contribution is 4.82. The fourth-order valence-electron chi connectivity index (χ4n) is 2.04. The molecule has 14 heavy (non-hydrogen) atoms. The van der Waals surface area contributed by atoms with E-state index < -0.39 is 0 Å². The molecule has 78 valence electrons. The van der Waals surface area contributed by atoms with E-state index in [0.29, 0.717) is 11.8 Å². The Kier molecular flexibility index (Phi) is 2.67. The van der Waals surface area contributed by atoms with Crippen molar-refractivity contribution >= 4 is 0 Å². The topological polar surface area (TPSA) is 62.1 Å². The van der Waals surface area contributed by atoms with Gasteiger partial charge in [0.25, 0.3) is 0 Å². The van der Waals surface area contributed by atoms with Gasteiger partial charge in [-0.2, -0.15) is 10.1 Å². The molecular weight excluding hydrogens is 182 g/mol. The van der Waals surface area contributed by atoms with E-state index in [9.17, 15) is 4.79 Å². The van der Waals surface area contributed by atoms with Crippen molar-refractivity contribution in [3.63, 3.8) is 0 Å². The zero-order chi connectivity index (χ0) is 9.97. The number of nitrogens with one attached hydrogen (secondary N) is 1. The normalized spacial score (nSPS) is 23.9. The standard InChI is InChI=1S/C9H15N3O2/c1-12-4-2-3-7(6-12)5-8-10-9(13)11-14-8/h7H,2-6H2,1H3,(H,11,13). The van der Waals surface area contributed by atoms with E-state index in [0.717, 1.165) is 13.0 Å². The number of aromatic amines is 1. The number of nitrogens with zero attached hydrogens (tertiary/aromatic N) is 2. The van der Waals surface area contributed by atoms with Crippen molar-refractivity contribution in [3.05, 3.63) is 16.4 Å². The number of H-pyrrole nitrogens is 1. The molecule has 0 bridgehead atoms. The predicted octanol–water partition coefficient (Wildman–Crippen LogP) is 0.247. The molecule has 1 aromatic heterocycles. The Morgan fingerprint density at radius 3 is 3.21 bits per heavy atom. The van der Waals surface area contributed by atoms with Crippen LogP contribution >= 0.6 is 0 Å². The molecule has 1 aromatic rings. The summed E-state index contributed by atoms with van der Waals surface area (Å²) in [7, 11) is 2.12. The number of piperidine rings is 1. The van der Waals surface area contributed by atoms with E-state index in [2.05, 4.69) is 22.1 Å². The summed E-state index contributed by atoms with van der Waals surface area (Å²) >= 11 is 0. The SMILES string of the molecule is CN1CCCC(Cc2nc(=O)[nH]o2)C1. The van der Waals surface area contributed by atoms with E-state index in [4.69, 9.17) is 4.52 Å². The van der Waals surface area contributed by atoms with Gasteiger partial charge in [0.05, 0.1) is 0 Å². The van der Waals surface area contributed by atoms with Crippen LogP contribution in [0.25, 0.3) is 0 Å². The van der Waals surface area contributed by atoms with Crippen molar-refractivity contribution in [2.75, 3.05) is 20.1 Å². The smallest absolute Gasteiger partial charge is 0.362 e. The van der Waals surface area contributed by atoms with Crippen LogP contribution in [0, 0.1) is 5.92 Å². The summed E-state index contributed by atoms with van der Waals surface area (Å²) in [4.78, 5) is 16.8. The Labute approximate surface area is 82.1 Å². The molecule has 1 N–H and O–H groups in total. The minimum Gasteiger partial charge on any atom is -0.362 e. The molecule has 0 amide bonds. The summed E-state index contributed by atoms with van der Waals surface area (Å²) in [6.45, 7) is 2.23. The van der Waals surface area contributed by atoms with Gasteiger partial charge in [-0.25, -0.2) is 4.79 Å². The monoisotopic (exact) mass is 197 g/mol. The molecule has 0 aromatic carbocycles. The van der Waals surface area contributed by atoms with Crippen LogP contribution in [0.3, 0.4) is 0 Å². The summed E-state index contributed by atoms with van der Waals surface area (Å²) in [6, 6.07) is 0. The third-order valence-corrected chi connectivity index (χ3v) is 2.67. The van der Waals surface area contributed by atoms with Gasteiger partial charge in [-0.3, -0.25) is 0 Å². The van der Waals surface area contributed by atoms with Crippen molar-refractivity contribution in [2.45, 2.75) is 19.3 Å². The van der Waals surface area contributed by atoms with Gasteiger partial charge in [0.2, 0.25) is 5.89 Å². The second-order valence-electron chi connectivity index (χ2n) is 3.99. The van der Waals surface area contributed by atoms with Gasteiger partial charge in [0.15, 0.2) is 0 Å². The maximum Gasteiger partial charge on any atom is 0.377 e. The first-order valence-corrected chi connectivity index (χ1v) is 4.97. The van der Waals surface area contributed by atoms with Gasteiger partial charge in [-0.15, -0.1) is 0 Å². The van der Waals surface area contributed by atoms with Gasteiger partial charge in [-0.05, 0) is 32.4 Å². The zero-order valence-corrected chi connectivity index (χ0v) is 8.32. The molecule has 1 aliphatic heterocycles. The average molecular weight is 197 g/mol. The second kappa shape index (κ2) is 3.96. The largest absolute Gasteiger partial charge is 0.377 e. The molecule has 1 atom stereocenters. The lowest BCUT2D eigenvalue weighted by Gasteiger charge is -2.28. The average Bonchev–Trinajstić information content (AvgIpc) is 2.51. The lowest BCUT2D eigenvalue weighted by Crippen LogP contribution is -2.33. The molecule has 5 heteroatoms. The molecule has 0 radical (unpaired) electrons. The molecule has 2 heterocycles. The van der Waals surface area contributed by atoms with Crippen LogP contribution in [0.5, 0.6) is 0 Å². The Hall–Kier alpha value is -1.10. The minimum absolute atomic E-state index is 0.385.